The van der Waals surface area contributed by atoms with Crippen LogP contribution in [0.15, 0.2) is 30.6 Å². The largest absolute Gasteiger partial charge is 0.476 e. The van der Waals surface area contributed by atoms with Crippen LogP contribution in [0.4, 0.5) is 14.6 Å². The van der Waals surface area contributed by atoms with Gasteiger partial charge in [0, 0.05) is 18.5 Å². The second-order valence-electron chi connectivity index (χ2n) is 4.02. The molecule has 0 unspecified atom stereocenters. The minimum Gasteiger partial charge on any atom is -0.476 e. The summed E-state index contributed by atoms with van der Waals surface area (Å²) in [5.41, 5.74) is -0.444. The summed E-state index contributed by atoms with van der Waals surface area (Å²) >= 11 is 0. The second-order valence-corrected chi connectivity index (χ2v) is 4.02. The van der Waals surface area contributed by atoms with Gasteiger partial charge in [0.15, 0.2) is 11.5 Å². The first-order valence-electron chi connectivity index (χ1n) is 5.75. The van der Waals surface area contributed by atoms with E-state index in [1.807, 2.05) is 0 Å². The molecule has 0 atom stereocenters. The zero-order chi connectivity index (χ0) is 15.4. The van der Waals surface area contributed by atoms with E-state index in [1.54, 1.807) is 0 Å². The van der Waals surface area contributed by atoms with Gasteiger partial charge in [0.25, 0.3) is 0 Å². The molecule has 1 amide bonds. The van der Waals surface area contributed by atoms with Crippen LogP contribution in [0.3, 0.4) is 0 Å². The molecule has 0 bridgehead atoms. The van der Waals surface area contributed by atoms with E-state index in [0.29, 0.717) is 6.07 Å². The first kappa shape index (κ1) is 14.5. The molecule has 0 saturated carbocycles. The van der Waals surface area contributed by atoms with Gasteiger partial charge >= 0.3 is 5.97 Å². The monoisotopic (exact) mass is 293 g/mol. The molecule has 0 spiro atoms. The van der Waals surface area contributed by atoms with Gasteiger partial charge in [-0.1, -0.05) is 6.07 Å². The zero-order valence-electron chi connectivity index (χ0n) is 10.5. The molecule has 0 aliphatic rings. The van der Waals surface area contributed by atoms with Crippen molar-refractivity contribution in [1.82, 2.24) is 9.97 Å². The number of aromatic nitrogens is 2. The van der Waals surface area contributed by atoms with Crippen molar-refractivity contribution in [3.63, 3.8) is 0 Å². The van der Waals surface area contributed by atoms with Gasteiger partial charge in [0.05, 0.1) is 6.42 Å². The Balaban J connectivity index is 2.14. The van der Waals surface area contributed by atoms with Crippen LogP contribution >= 0.6 is 0 Å². The average molecular weight is 293 g/mol. The number of hydrogen-bond donors (Lipinski definition) is 2. The molecule has 6 nitrogen and oxygen atoms in total. The maximum atomic E-state index is 13.4. The third-order valence-corrected chi connectivity index (χ3v) is 2.52. The van der Waals surface area contributed by atoms with Gasteiger partial charge in [0.2, 0.25) is 5.91 Å². The number of carboxylic acids is 1. The van der Waals surface area contributed by atoms with Crippen molar-refractivity contribution in [2.45, 2.75) is 6.42 Å². The fourth-order valence-electron chi connectivity index (χ4n) is 1.60. The summed E-state index contributed by atoms with van der Waals surface area (Å²) in [4.78, 5) is 29.9. The summed E-state index contributed by atoms with van der Waals surface area (Å²) in [6.45, 7) is 0. The summed E-state index contributed by atoms with van der Waals surface area (Å²) in [7, 11) is 0. The predicted octanol–water partition coefficient (Wildman–Crippen LogP) is 1.63. The van der Waals surface area contributed by atoms with Crippen LogP contribution in [0.25, 0.3) is 0 Å². The number of carboxylic acid groups (broad SMARTS) is 1. The van der Waals surface area contributed by atoms with E-state index >= 15 is 0 Å². The van der Waals surface area contributed by atoms with Crippen LogP contribution in [0.1, 0.15) is 16.1 Å². The van der Waals surface area contributed by atoms with Gasteiger partial charge in [-0.3, -0.25) is 4.79 Å². The lowest BCUT2D eigenvalue weighted by atomic mass is 10.1. The van der Waals surface area contributed by atoms with E-state index in [4.69, 9.17) is 5.11 Å². The number of hydrogen-bond acceptors (Lipinski definition) is 4. The molecule has 1 aromatic carbocycles. The minimum absolute atomic E-state index is 0.0188. The molecule has 108 valence electrons. The van der Waals surface area contributed by atoms with Crippen molar-refractivity contribution in [3.8, 4) is 0 Å². The van der Waals surface area contributed by atoms with Crippen molar-refractivity contribution in [2.75, 3.05) is 5.32 Å². The predicted molar refractivity (Wildman–Crippen MR) is 67.7 cm³/mol. The summed E-state index contributed by atoms with van der Waals surface area (Å²) in [6, 6.07) is 2.82. The Labute approximate surface area is 117 Å². The standard InChI is InChI=1S/C13H9F2N3O3/c14-8-2-1-7(9(15)6-8)5-10(19)18-12-11(13(20)21)16-3-4-17-12/h1-4,6H,5H2,(H,20,21)(H,17,18,19). The topological polar surface area (TPSA) is 92.2 Å². The highest BCUT2D eigenvalue weighted by atomic mass is 19.1. The smallest absolute Gasteiger partial charge is 0.358 e. The summed E-state index contributed by atoms with van der Waals surface area (Å²) in [5.74, 6) is -3.89. The number of benzene rings is 1. The molecule has 0 saturated heterocycles. The van der Waals surface area contributed by atoms with Crippen LogP contribution in [-0.2, 0) is 11.2 Å². The molecule has 0 fully saturated rings. The van der Waals surface area contributed by atoms with Gasteiger partial charge in [-0.2, -0.15) is 0 Å². The first-order chi connectivity index (χ1) is 9.97. The molecule has 2 aromatic rings. The second kappa shape index (κ2) is 6.04. The van der Waals surface area contributed by atoms with Crippen LogP contribution in [0, 0.1) is 11.6 Å². The summed E-state index contributed by atoms with van der Waals surface area (Å²) in [5, 5.41) is 11.1. The van der Waals surface area contributed by atoms with Crippen LogP contribution in [-0.4, -0.2) is 27.0 Å². The van der Waals surface area contributed by atoms with E-state index in [0.717, 1.165) is 12.1 Å². The van der Waals surface area contributed by atoms with Crippen LogP contribution < -0.4 is 5.32 Å². The lowest BCUT2D eigenvalue weighted by Crippen LogP contribution is -2.19. The number of nitrogens with one attached hydrogen (secondary N) is 1. The SMILES string of the molecule is O=C(Cc1ccc(F)cc1F)Nc1nccnc1C(=O)O. The summed E-state index contributed by atoms with van der Waals surface area (Å²) in [6.07, 6.45) is 1.99. The van der Waals surface area contributed by atoms with Crippen molar-refractivity contribution >= 4 is 17.7 Å². The van der Waals surface area contributed by atoms with E-state index in [2.05, 4.69) is 15.3 Å². The van der Waals surface area contributed by atoms with Crippen LogP contribution in [0.5, 0.6) is 0 Å². The summed E-state index contributed by atoms with van der Waals surface area (Å²) < 4.78 is 26.2. The molecule has 21 heavy (non-hydrogen) atoms. The number of amides is 1. The fraction of sp³-hybridized carbons (Fsp3) is 0.0769. The highest BCUT2D eigenvalue weighted by Gasteiger charge is 2.16. The number of aromatic carboxylic acids is 1. The normalized spacial score (nSPS) is 10.2. The molecule has 2 rings (SSSR count). The molecule has 1 aromatic heterocycles. The van der Waals surface area contributed by atoms with Crippen molar-refractivity contribution in [2.24, 2.45) is 0 Å². The fourth-order valence-corrected chi connectivity index (χ4v) is 1.60. The average Bonchev–Trinajstić information content (AvgIpc) is 2.42. The molecule has 2 N–H and O–H groups in total. The highest BCUT2D eigenvalue weighted by Crippen LogP contribution is 2.12. The third-order valence-electron chi connectivity index (χ3n) is 2.52. The molecule has 0 radical (unpaired) electrons. The number of carbonyl (C=O) groups excluding carboxylic acids is 1. The van der Waals surface area contributed by atoms with E-state index < -0.39 is 29.2 Å². The quantitative estimate of drug-likeness (QED) is 0.894. The molecular formula is C13H9F2N3O3. The maximum absolute atomic E-state index is 13.4. The molecule has 0 aliphatic heterocycles. The third kappa shape index (κ3) is 3.56. The Hall–Kier alpha value is -2.90. The Morgan fingerprint density at radius 2 is 1.90 bits per heavy atom. The first-order valence-corrected chi connectivity index (χ1v) is 5.75. The van der Waals surface area contributed by atoms with Crippen molar-refractivity contribution < 1.29 is 23.5 Å². The Morgan fingerprint density at radius 3 is 2.57 bits per heavy atom. The number of nitrogens with zero attached hydrogens (tertiary/aromatic N) is 2. The molecule has 8 heteroatoms. The van der Waals surface area contributed by atoms with E-state index in [1.165, 1.54) is 12.4 Å². The Kier molecular flexibility index (Phi) is 4.17. The number of halogens is 2. The number of rotatable bonds is 4. The Bertz CT molecular complexity index is 707. The number of anilines is 1. The maximum Gasteiger partial charge on any atom is 0.358 e. The minimum atomic E-state index is -1.36. The number of carbonyl (C=O) groups is 2. The van der Waals surface area contributed by atoms with Gasteiger partial charge in [-0.15, -0.1) is 0 Å². The van der Waals surface area contributed by atoms with E-state index in [-0.39, 0.29) is 17.8 Å². The lowest BCUT2D eigenvalue weighted by Gasteiger charge is -2.07. The molecule has 1 heterocycles. The van der Waals surface area contributed by atoms with E-state index in [9.17, 15) is 18.4 Å². The lowest BCUT2D eigenvalue weighted by molar-refractivity contribution is -0.115. The van der Waals surface area contributed by atoms with Gasteiger partial charge in [-0.25, -0.2) is 23.5 Å². The Morgan fingerprint density at radius 1 is 1.19 bits per heavy atom. The van der Waals surface area contributed by atoms with Crippen LogP contribution in [0.2, 0.25) is 0 Å². The highest BCUT2D eigenvalue weighted by molar-refractivity contribution is 5.98. The van der Waals surface area contributed by atoms with Gasteiger partial charge in [-0.05, 0) is 11.6 Å². The zero-order valence-corrected chi connectivity index (χ0v) is 10.5. The van der Waals surface area contributed by atoms with Gasteiger partial charge < -0.3 is 10.4 Å². The van der Waals surface area contributed by atoms with Crippen molar-refractivity contribution in [1.29, 1.82) is 0 Å². The molecular weight excluding hydrogens is 284 g/mol. The van der Waals surface area contributed by atoms with Gasteiger partial charge in [0.1, 0.15) is 11.6 Å². The molecule has 0 aliphatic carbocycles. The van der Waals surface area contributed by atoms with Crippen molar-refractivity contribution in [3.05, 3.63) is 53.5 Å².